The monoisotopic (exact) mass is 455 g/mol. The molecule has 0 atom stereocenters. The second-order valence-electron chi connectivity index (χ2n) is 5.02. The SMILES string of the molecule is O=C(Cn1cc(Br)cn1)Nc1nn(Cc2ccccc2F)cc1Br. The van der Waals surface area contributed by atoms with Crippen LogP contribution in [0, 0.1) is 5.82 Å². The van der Waals surface area contributed by atoms with Crippen molar-refractivity contribution in [1.82, 2.24) is 19.6 Å². The molecule has 6 nitrogen and oxygen atoms in total. The zero-order chi connectivity index (χ0) is 17.1. The van der Waals surface area contributed by atoms with Crippen LogP contribution in [0.3, 0.4) is 0 Å². The molecule has 0 unspecified atom stereocenters. The number of carbonyl (C=O) groups excluding carboxylic acids is 1. The largest absolute Gasteiger partial charge is 0.307 e. The quantitative estimate of drug-likeness (QED) is 0.639. The Labute approximate surface area is 153 Å². The number of hydrogen-bond acceptors (Lipinski definition) is 3. The number of rotatable bonds is 5. The molecular weight excluding hydrogens is 445 g/mol. The number of halogens is 3. The summed E-state index contributed by atoms with van der Waals surface area (Å²) in [5.74, 6) is -0.177. The van der Waals surface area contributed by atoms with Crippen LogP contribution in [0.1, 0.15) is 5.56 Å². The molecule has 2 heterocycles. The Kier molecular flexibility index (Phi) is 5.10. The fourth-order valence-corrected chi connectivity index (χ4v) is 2.85. The van der Waals surface area contributed by atoms with Gasteiger partial charge in [-0.25, -0.2) is 4.39 Å². The fourth-order valence-electron chi connectivity index (χ4n) is 2.11. The summed E-state index contributed by atoms with van der Waals surface area (Å²) in [5.41, 5.74) is 0.520. The van der Waals surface area contributed by atoms with Gasteiger partial charge in [0.1, 0.15) is 12.4 Å². The Morgan fingerprint density at radius 2 is 2.00 bits per heavy atom. The third kappa shape index (κ3) is 4.09. The molecule has 24 heavy (non-hydrogen) atoms. The van der Waals surface area contributed by atoms with E-state index in [0.29, 0.717) is 15.9 Å². The van der Waals surface area contributed by atoms with Gasteiger partial charge in [0.15, 0.2) is 5.82 Å². The summed E-state index contributed by atoms with van der Waals surface area (Å²) >= 11 is 6.62. The van der Waals surface area contributed by atoms with E-state index >= 15 is 0 Å². The minimum Gasteiger partial charge on any atom is -0.307 e. The molecule has 1 aromatic carbocycles. The van der Waals surface area contributed by atoms with Crippen LogP contribution < -0.4 is 5.32 Å². The van der Waals surface area contributed by atoms with Gasteiger partial charge in [-0.05, 0) is 37.9 Å². The molecule has 0 saturated heterocycles. The van der Waals surface area contributed by atoms with Crippen molar-refractivity contribution in [3.63, 3.8) is 0 Å². The molecule has 1 N–H and O–H groups in total. The topological polar surface area (TPSA) is 64.7 Å². The second kappa shape index (κ2) is 7.27. The average molecular weight is 457 g/mol. The van der Waals surface area contributed by atoms with Crippen molar-refractivity contribution in [3.05, 3.63) is 63.2 Å². The van der Waals surface area contributed by atoms with Crippen LogP contribution >= 0.6 is 31.9 Å². The van der Waals surface area contributed by atoms with Gasteiger partial charge in [0.2, 0.25) is 5.91 Å². The van der Waals surface area contributed by atoms with Gasteiger partial charge in [-0.1, -0.05) is 18.2 Å². The van der Waals surface area contributed by atoms with Gasteiger partial charge in [0.25, 0.3) is 0 Å². The summed E-state index contributed by atoms with van der Waals surface area (Å²) in [7, 11) is 0. The second-order valence-corrected chi connectivity index (χ2v) is 6.79. The molecule has 0 radical (unpaired) electrons. The molecule has 0 aliphatic carbocycles. The lowest BCUT2D eigenvalue weighted by molar-refractivity contribution is -0.116. The van der Waals surface area contributed by atoms with E-state index in [2.05, 4.69) is 47.4 Å². The molecule has 0 saturated carbocycles. The zero-order valence-electron chi connectivity index (χ0n) is 12.3. The van der Waals surface area contributed by atoms with E-state index in [1.165, 1.54) is 10.7 Å². The fraction of sp³-hybridized carbons (Fsp3) is 0.133. The van der Waals surface area contributed by atoms with Crippen molar-refractivity contribution in [2.24, 2.45) is 0 Å². The molecule has 0 fully saturated rings. The Bertz CT molecular complexity index is 876. The Morgan fingerprint density at radius 3 is 2.71 bits per heavy atom. The van der Waals surface area contributed by atoms with E-state index < -0.39 is 0 Å². The molecule has 0 spiro atoms. The van der Waals surface area contributed by atoms with Crippen molar-refractivity contribution in [2.75, 3.05) is 5.32 Å². The average Bonchev–Trinajstić information content (AvgIpc) is 3.08. The van der Waals surface area contributed by atoms with E-state index in [4.69, 9.17) is 0 Å². The highest BCUT2D eigenvalue weighted by molar-refractivity contribution is 9.10. The summed E-state index contributed by atoms with van der Waals surface area (Å²) in [6.07, 6.45) is 4.99. The molecule has 1 amide bonds. The van der Waals surface area contributed by atoms with Crippen LogP contribution in [-0.4, -0.2) is 25.5 Å². The lowest BCUT2D eigenvalue weighted by Gasteiger charge is -2.04. The molecular formula is C15H12Br2FN5O. The molecule has 2 aromatic heterocycles. The number of benzene rings is 1. The number of hydrogen-bond donors (Lipinski definition) is 1. The Hall–Kier alpha value is -2.00. The molecule has 0 bridgehead atoms. The maximum Gasteiger partial charge on any atom is 0.247 e. The van der Waals surface area contributed by atoms with Gasteiger partial charge >= 0.3 is 0 Å². The maximum atomic E-state index is 13.7. The van der Waals surface area contributed by atoms with E-state index in [1.54, 1.807) is 41.5 Å². The first-order valence-electron chi connectivity index (χ1n) is 6.95. The first-order chi connectivity index (χ1) is 11.5. The van der Waals surface area contributed by atoms with Crippen LogP contribution in [-0.2, 0) is 17.9 Å². The highest BCUT2D eigenvalue weighted by Crippen LogP contribution is 2.21. The molecule has 0 aliphatic rings. The van der Waals surface area contributed by atoms with Crippen molar-refractivity contribution < 1.29 is 9.18 Å². The number of aromatic nitrogens is 4. The summed E-state index contributed by atoms with van der Waals surface area (Å²) in [5, 5.41) is 11.0. The third-order valence-corrected chi connectivity index (χ3v) is 4.16. The normalized spacial score (nSPS) is 10.8. The highest BCUT2D eigenvalue weighted by atomic mass is 79.9. The molecule has 9 heteroatoms. The number of nitrogens with one attached hydrogen (secondary N) is 1. The van der Waals surface area contributed by atoms with Gasteiger partial charge < -0.3 is 5.32 Å². The summed E-state index contributed by atoms with van der Waals surface area (Å²) in [6, 6.07) is 6.50. The number of nitrogens with zero attached hydrogens (tertiary/aromatic N) is 4. The molecule has 3 aromatic rings. The van der Waals surface area contributed by atoms with Crippen LogP contribution in [0.15, 0.2) is 51.8 Å². The number of amides is 1. The first kappa shape index (κ1) is 16.8. The van der Waals surface area contributed by atoms with Gasteiger partial charge in [-0.3, -0.25) is 14.2 Å². The number of carbonyl (C=O) groups is 1. The van der Waals surface area contributed by atoms with E-state index in [-0.39, 0.29) is 24.8 Å². The summed E-state index contributed by atoms with van der Waals surface area (Å²) < 4.78 is 18.2. The van der Waals surface area contributed by atoms with E-state index in [9.17, 15) is 9.18 Å². The predicted octanol–water partition coefficient (Wildman–Crippen LogP) is 3.43. The molecule has 3 rings (SSSR count). The minimum atomic E-state index is -0.293. The standard InChI is InChI=1S/C15H12Br2FN5O/c16-11-5-19-22(7-11)9-14(24)20-15-12(17)8-23(21-15)6-10-3-1-2-4-13(10)18/h1-5,7-8H,6,9H2,(H,20,21,24). The minimum absolute atomic E-state index is 0.0677. The van der Waals surface area contributed by atoms with Gasteiger partial charge in [-0.2, -0.15) is 10.2 Å². The van der Waals surface area contributed by atoms with Gasteiger partial charge in [0, 0.05) is 18.0 Å². The van der Waals surface area contributed by atoms with E-state index in [1.807, 2.05) is 0 Å². The van der Waals surface area contributed by atoms with Crippen LogP contribution in [0.5, 0.6) is 0 Å². The Balaban J connectivity index is 1.67. The van der Waals surface area contributed by atoms with Gasteiger partial charge in [0.05, 0.1) is 21.7 Å². The van der Waals surface area contributed by atoms with Crippen molar-refractivity contribution in [1.29, 1.82) is 0 Å². The van der Waals surface area contributed by atoms with Crippen molar-refractivity contribution in [2.45, 2.75) is 13.1 Å². The third-order valence-electron chi connectivity index (χ3n) is 3.17. The highest BCUT2D eigenvalue weighted by Gasteiger charge is 2.12. The predicted molar refractivity (Wildman–Crippen MR) is 94.0 cm³/mol. The van der Waals surface area contributed by atoms with Crippen molar-refractivity contribution >= 4 is 43.6 Å². The van der Waals surface area contributed by atoms with Crippen molar-refractivity contribution in [3.8, 4) is 0 Å². The smallest absolute Gasteiger partial charge is 0.247 e. The van der Waals surface area contributed by atoms with Crippen LogP contribution in [0.2, 0.25) is 0 Å². The zero-order valence-corrected chi connectivity index (χ0v) is 15.5. The summed E-state index contributed by atoms with van der Waals surface area (Å²) in [6.45, 7) is 0.339. The van der Waals surface area contributed by atoms with Crippen LogP contribution in [0.25, 0.3) is 0 Å². The lowest BCUT2D eigenvalue weighted by atomic mass is 10.2. The molecule has 124 valence electrons. The lowest BCUT2D eigenvalue weighted by Crippen LogP contribution is -2.19. The molecule has 0 aliphatic heterocycles. The van der Waals surface area contributed by atoms with E-state index in [0.717, 1.165) is 4.47 Å². The van der Waals surface area contributed by atoms with Crippen LogP contribution in [0.4, 0.5) is 10.2 Å². The maximum absolute atomic E-state index is 13.7. The summed E-state index contributed by atoms with van der Waals surface area (Å²) in [4.78, 5) is 12.0. The first-order valence-corrected chi connectivity index (χ1v) is 8.54. The Morgan fingerprint density at radius 1 is 1.21 bits per heavy atom. The van der Waals surface area contributed by atoms with Gasteiger partial charge in [-0.15, -0.1) is 0 Å². The number of anilines is 1.